The van der Waals surface area contributed by atoms with Gasteiger partial charge in [-0.2, -0.15) is 0 Å². The van der Waals surface area contributed by atoms with E-state index < -0.39 is 0 Å². The van der Waals surface area contributed by atoms with E-state index in [9.17, 15) is 4.39 Å². The number of benzene rings is 2. The Morgan fingerprint density at radius 1 is 1.06 bits per heavy atom. The largest absolute Gasteiger partial charge is 0.398 e. The number of nitrogen functional groups attached to an aromatic ring is 1. The fourth-order valence-corrected chi connectivity index (χ4v) is 2.24. The van der Waals surface area contributed by atoms with Crippen molar-refractivity contribution < 1.29 is 4.39 Å². The SMILES string of the molecule is Nc1ccc(F)cc1Sc1ccc(Cl)cc1. The summed E-state index contributed by atoms with van der Waals surface area (Å²) >= 11 is 7.19. The first kappa shape index (κ1) is 11.3. The highest BCUT2D eigenvalue weighted by Crippen LogP contribution is 2.32. The summed E-state index contributed by atoms with van der Waals surface area (Å²) in [6.07, 6.45) is 0. The molecule has 16 heavy (non-hydrogen) atoms. The van der Waals surface area contributed by atoms with Gasteiger partial charge in [0.05, 0.1) is 0 Å². The third-order valence-electron chi connectivity index (χ3n) is 2.02. The van der Waals surface area contributed by atoms with Gasteiger partial charge in [-0.25, -0.2) is 4.39 Å². The molecule has 0 aliphatic heterocycles. The van der Waals surface area contributed by atoms with Crippen molar-refractivity contribution in [2.45, 2.75) is 9.79 Å². The van der Waals surface area contributed by atoms with E-state index in [0.29, 0.717) is 15.6 Å². The summed E-state index contributed by atoms with van der Waals surface area (Å²) in [6.45, 7) is 0. The number of rotatable bonds is 2. The van der Waals surface area contributed by atoms with Crippen molar-refractivity contribution in [1.29, 1.82) is 0 Å². The molecule has 0 aromatic heterocycles. The molecule has 0 saturated carbocycles. The monoisotopic (exact) mass is 253 g/mol. The second kappa shape index (κ2) is 4.76. The van der Waals surface area contributed by atoms with Gasteiger partial charge in [-0.3, -0.25) is 0 Å². The van der Waals surface area contributed by atoms with E-state index in [2.05, 4.69) is 0 Å². The van der Waals surface area contributed by atoms with Crippen LogP contribution in [-0.2, 0) is 0 Å². The molecular formula is C12H9ClFNS. The Kier molecular flexibility index (Phi) is 3.36. The number of hydrogen-bond acceptors (Lipinski definition) is 2. The standard InChI is InChI=1S/C12H9ClFNS/c13-8-1-4-10(5-2-8)16-12-7-9(14)3-6-11(12)15/h1-7H,15H2. The molecule has 0 spiro atoms. The molecule has 0 bridgehead atoms. The van der Waals surface area contributed by atoms with E-state index in [1.54, 1.807) is 18.2 Å². The highest BCUT2D eigenvalue weighted by Gasteiger charge is 2.03. The average molecular weight is 254 g/mol. The van der Waals surface area contributed by atoms with E-state index in [4.69, 9.17) is 17.3 Å². The molecule has 0 fully saturated rings. The lowest BCUT2D eigenvalue weighted by Crippen LogP contribution is -1.89. The lowest BCUT2D eigenvalue weighted by Gasteiger charge is -2.05. The predicted octanol–water partition coefficient (Wildman–Crippen LogP) is 4.21. The first-order valence-electron chi connectivity index (χ1n) is 4.63. The van der Waals surface area contributed by atoms with Crippen molar-refractivity contribution in [2.24, 2.45) is 0 Å². The molecule has 2 aromatic rings. The molecule has 0 aliphatic rings. The van der Waals surface area contributed by atoms with Gasteiger partial charge < -0.3 is 5.73 Å². The molecule has 0 aliphatic carbocycles. The van der Waals surface area contributed by atoms with Crippen LogP contribution in [0.25, 0.3) is 0 Å². The summed E-state index contributed by atoms with van der Waals surface area (Å²) in [6, 6.07) is 11.7. The third kappa shape index (κ3) is 2.68. The van der Waals surface area contributed by atoms with Crippen LogP contribution in [0.3, 0.4) is 0 Å². The molecule has 0 unspecified atom stereocenters. The minimum atomic E-state index is -0.286. The van der Waals surface area contributed by atoms with Crippen LogP contribution in [0.2, 0.25) is 5.02 Å². The maximum absolute atomic E-state index is 13.0. The molecule has 0 amide bonds. The van der Waals surface area contributed by atoms with Crippen molar-refractivity contribution in [1.82, 2.24) is 0 Å². The number of hydrogen-bond donors (Lipinski definition) is 1. The van der Waals surface area contributed by atoms with Crippen LogP contribution in [0.1, 0.15) is 0 Å². The Hall–Kier alpha value is -1.19. The van der Waals surface area contributed by atoms with Crippen LogP contribution in [0, 0.1) is 5.82 Å². The van der Waals surface area contributed by atoms with Crippen molar-refractivity contribution in [2.75, 3.05) is 5.73 Å². The Morgan fingerprint density at radius 2 is 1.75 bits per heavy atom. The summed E-state index contributed by atoms with van der Waals surface area (Å²) in [4.78, 5) is 1.68. The Morgan fingerprint density at radius 3 is 2.44 bits per heavy atom. The second-order valence-electron chi connectivity index (χ2n) is 3.24. The molecule has 2 aromatic carbocycles. The lowest BCUT2D eigenvalue weighted by molar-refractivity contribution is 0.624. The summed E-state index contributed by atoms with van der Waals surface area (Å²) in [5.74, 6) is -0.286. The molecule has 0 radical (unpaired) electrons. The molecule has 2 rings (SSSR count). The fourth-order valence-electron chi connectivity index (χ4n) is 1.23. The highest BCUT2D eigenvalue weighted by molar-refractivity contribution is 7.99. The van der Waals surface area contributed by atoms with E-state index in [1.165, 1.54) is 23.9 Å². The molecule has 0 atom stereocenters. The first-order valence-corrected chi connectivity index (χ1v) is 5.83. The summed E-state index contributed by atoms with van der Waals surface area (Å²) in [5.41, 5.74) is 6.32. The Labute approximate surface area is 102 Å². The van der Waals surface area contributed by atoms with Crippen LogP contribution in [0.5, 0.6) is 0 Å². The van der Waals surface area contributed by atoms with Crippen LogP contribution < -0.4 is 5.73 Å². The lowest BCUT2D eigenvalue weighted by atomic mass is 10.3. The van der Waals surface area contributed by atoms with Gasteiger partial charge in [0.25, 0.3) is 0 Å². The molecule has 2 N–H and O–H groups in total. The van der Waals surface area contributed by atoms with Crippen molar-refractivity contribution in [3.8, 4) is 0 Å². The third-order valence-corrected chi connectivity index (χ3v) is 3.35. The maximum atomic E-state index is 13.0. The molecule has 0 saturated heterocycles. The smallest absolute Gasteiger partial charge is 0.124 e. The van der Waals surface area contributed by atoms with Gasteiger partial charge in [0, 0.05) is 20.5 Å². The Balaban J connectivity index is 2.26. The minimum Gasteiger partial charge on any atom is -0.398 e. The molecule has 0 heterocycles. The molecule has 82 valence electrons. The molecule has 4 heteroatoms. The summed E-state index contributed by atoms with van der Waals surface area (Å²) in [7, 11) is 0. The Bertz CT molecular complexity index is 499. The van der Waals surface area contributed by atoms with Crippen molar-refractivity contribution in [3.63, 3.8) is 0 Å². The van der Waals surface area contributed by atoms with Crippen molar-refractivity contribution >= 4 is 29.1 Å². The van der Waals surface area contributed by atoms with Crippen molar-refractivity contribution in [3.05, 3.63) is 53.3 Å². The molecular weight excluding hydrogens is 245 g/mol. The zero-order valence-corrected chi connectivity index (χ0v) is 9.86. The minimum absolute atomic E-state index is 0.286. The van der Waals surface area contributed by atoms with Crippen LogP contribution in [-0.4, -0.2) is 0 Å². The fraction of sp³-hybridized carbons (Fsp3) is 0. The van der Waals surface area contributed by atoms with Crippen LogP contribution in [0.15, 0.2) is 52.3 Å². The highest BCUT2D eigenvalue weighted by atomic mass is 35.5. The van der Waals surface area contributed by atoms with Gasteiger partial charge in [0.2, 0.25) is 0 Å². The quantitative estimate of drug-likeness (QED) is 0.812. The van der Waals surface area contributed by atoms with Gasteiger partial charge in [0.15, 0.2) is 0 Å². The van der Waals surface area contributed by atoms with Gasteiger partial charge >= 0.3 is 0 Å². The van der Waals surface area contributed by atoms with Gasteiger partial charge in [0.1, 0.15) is 5.82 Å². The topological polar surface area (TPSA) is 26.0 Å². The van der Waals surface area contributed by atoms with E-state index >= 15 is 0 Å². The van der Waals surface area contributed by atoms with E-state index in [1.807, 2.05) is 12.1 Å². The number of nitrogens with two attached hydrogens (primary N) is 1. The average Bonchev–Trinajstić information content (AvgIpc) is 2.27. The van der Waals surface area contributed by atoms with Crippen LogP contribution in [0.4, 0.5) is 10.1 Å². The summed E-state index contributed by atoms with van der Waals surface area (Å²) < 4.78 is 13.0. The second-order valence-corrected chi connectivity index (χ2v) is 4.79. The van der Waals surface area contributed by atoms with Gasteiger partial charge in [-0.15, -0.1) is 0 Å². The normalized spacial score (nSPS) is 10.4. The van der Waals surface area contributed by atoms with E-state index in [0.717, 1.165) is 4.90 Å². The number of halogens is 2. The zero-order chi connectivity index (χ0) is 11.5. The zero-order valence-electron chi connectivity index (χ0n) is 8.28. The predicted molar refractivity (Wildman–Crippen MR) is 66.4 cm³/mol. The summed E-state index contributed by atoms with van der Waals surface area (Å²) in [5, 5.41) is 0.677. The van der Waals surface area contributed by atoms with Crippen LogP contribution >= 0.6 is 23.4 Å². The number of anilines is 1. The van der Waals surface area contributed by atoms with Gasteiger partial charge in [-0.05, 0) is 42.5 Å². The first-order chi connectivity index (χ1) is 7.65. The van der Waals surface area contributed by atoms with E-state index in [-0.39, 0.29) is 5.82 Å². The maximum Gasteiger partial charge on any atom is 0.124 e. The van der Waals surface area contributed by atoms with Gasteiger partial charge in [-0.1, -0.05) is 23.4 Å². The molecule has 1 nitrogen and oxygen atoms in total.